The highest BCUT2D eigenvalue weighted by Gasteiger charge is 2.20. The van der Waals surface area contributed by atoms with E-state index < -0.39 is 5.82 Å². The summed E-state index contributed by atoms with van der Waals surface area (Å²) in [7, 11) is 1.43. The number of carbonyl (C=O) groups is 1. The number of amides is 1. The van der Waals surface area contributed by atoms with Crippen LogP contribution in [0.3, 0.4) is 0 Å². The number of carbonyl (C=O) groups excluding carboxylic acids is 1. The van der Waals surface area contributed by atoms with Crippen molar-refractivity contribution in [2.75, 3.05) is 13.7 Å². The zero-order valence-corrected chi connectivity index (χ0v) is 17.3. The van der Waals surface area contributed by atoms with Crippen LogP contribution < -0.4 is 4.74 Å². The number of hydrogen-bond donors (Lipinski definition) is 0. The molecule has 0 aliphatic heterocycles. The summed E-state index contributed by atoms with van der Waals surface area (Å²) in [6.07, 6.45) is 0.261. The van der Waals surface area contributed by atoms with Gasteiger partial charge >= 0.3 is 0 Å². The molecule has 0 bridgehead atoms. The number of ether oxygens (including phenoxy) is 1. The number of nitrogens with zero attached hydrogens (tertiary/aromatic N) is 3. The fourth-order valence-electron chi connectivity index (χ4n) is 3.42. The van der Waals surface area contributed by atoms with Gasteiger partial charge in [-0.3, -0.25) is 4.79 Å². The van der Waals surface area contributed by atoms with Gasteiger partial charge in [0, 0.05) is 24.3 Å². The SMILES string of the molecule is CCN(Cc1ccc(OC)c(F)c1)C(=O)Cc1c(C)nn(-c2ccccc2)c1C. The van der Waals surface area contributed by atoms with Crippen LogP contribution in [0, 0.1) is 19.7 Å². The number of aryl methyl sites for hydroxylation is 1. The molecule has 0 unspecified atom stereocenters. The van der Waals surface area contributed by atoms with E-state index in [1.807, 2.05) is 55.8 Å². The third-order valence-electron chi connectivity index (χ3n) is 5.09. The van der Waals surface area contributed by atoms with Gasteiger partial charge in [0.05, 0.1) is 24.9 Å². The molecule has 6 heteroatoms. The van der Waals surface area contributed by atoms with E-state index in [-0.39, 0.29) is 18.1 Å². The largest absolute Gasteiger partial charge is 0.494 e. The van der Waals surface area contributed by atoms with Gasteiger partial charge in [0.25, 0.3) is 0 Å². The van der Waals surface area contributed by atoms with Crippen LogP contribution in [0.15, 0.2) is 48.5 Å². The van der Waals surface area contributed by atoms with Gasteiger partial charge in [-0.1, -0.05) is 24.3 Å². The van der Waals surface area contributed by atoms with Crippen LogP contribution >= 0.6 is 0 Å². The number of halogens is 1. The lowest BCUT2D eigenvalue weighted by atomic mass is 10.1. The van der Waals surface area contributed by atoms with Crippen LogP contribution in [0.25, 0.3) is 5.69 Å². The second-order valence-corrected chi connectivity index (χ2v) is 6.95. The van der Waals surface area contributed by atoms with E-state index in [0.717, 1.165) is 28.2 Å². The van der Waals surface area contributed by atoms with Gasteiger partial charge in [-0.05, 0) is 50.6 Å². The Labute approximate surface area is 170 Å². The summed E-state index contributed by atoms with van der Waals surface area (Å²) in [6, 6.07) is 14.6. The minimum Gasteiger partial charge on any atom is -0.494 e. The quantitative estimate of drug-likeness (QED) is 0.602. The highest BCUT2D eigenvalue weighted by Crippen LogP contribution is 2.21. The van der Waals surface area contributed by atoms with Crippen LogP contribution in [0.2, 0.25) is 0 Å². The predicted octanol–water partition coefficient (Wildman–Crippen LogP) is 4.23. The van der Waals surface area contributed by atoms with Crippen LogP contribution in [0.1, 0.15) is 29.4 Å². The summed E-state index contributed by atoms with van der Waals surface area (Å²) in [5.41, 5.74) is 4.41. The van der Waals surface area contributed by atoms with Crippen LogP contribution in [0.4, 0.5) is 4.39 Å². The fraction of sp³-hybridized carbons (Fsp3) is 0.304. The van der Waals surface area contributed by atoms with Crippen molar-refractivity contribution in [2.45, 2.75) is 33.7 Å². The third kappa shape index (κ3) is 4.47. The Kier molecular flexibility index (Phi) is 6.32. The first-order valence-electron chi connectivity index (χ1n) is 9.65. The van der Waals surface area contributed by atoms with E-state index >= 15 is 0 Å². The molecule has 0 radical (unpaired) electrons. The zero-order valence-electron chi connectivity index (χ0n) is 17.3. The number of rotatable bonds is 7. The summed E-state index contributed by atoms with van der Waals surface area (Å²) < 4.78 is 20.8. The monoisotopic (exact) mass is 395 g/mol. The van der Waals surface area contributed by atoms with Gasteiger partial charge < -0.3 is 9.64 Å². The van der Waals surface area contributed by atoms with Crippen molar-refractivity contribution >= 4 is 5.91 Å². The zero-order chi connectivity index (χ0) is 21.0. The molecular formula is C23H26FN3O2. The molecule has 0 saturated carbocycles. The Morgan fingerprint density at radius 2 is 1.90 bits per heavy atom. The Morgan fingerprint density at radius 1 is 1.17 bits per heavy atom. The summed E-state index contributed by atoms with van der Waals surface area (Å²) in [5, 5.41) is 4.62. The maximum Gasteiger partial charge on any atom is 0.227 e. The molecule has 1 heterocycles. The van der Waals surface area contributed by atoms with E-state index in [9.17, 15) is 9.18 Å². The van der Waals surface area contributed by atoms with Crippen LogP contribution in [-0.4, -0.2) is 34.2 Å². The molecule has 2 aromatic carbocycles. The van der Waals surface area contributed by atoms with Gasteiger partial charge in [-0.25, -0.2) is 9.07 Å². The van der Waals surface area contributed by atoms with Crippen molar-refractivity contribution in [3.05, 3.63) is 76.9 Å². The van der Waals surface area contributed by atoms with E-state index in [4.69, 9.17) is 4.74 Å². The van der Waals surface area contributed by atoms with Gasteiger partial charge in [-0.2, -0.15) is 5.10 Å². The van der Waals surface area contributed by atoms with Crippen molar-refractivity contribution < 1.29 is 13.9 Å². The standard InChI is InChI=1S/C23H26FN3O2/c1-5-26(15-18-11-12-22(29-4)21(24)13-18)23(28)14-20-16(2)25-27(17(20)3)19-9-7-6-8-10-19/h6-13H,5,14-15H2,1-4H3. The Bertz CT molecular complexity index is 999. The molecule has 0 aliphatic carbocycles. The maximum absolute atomic E-state index is 14.0. The Morgan fingerprint density at radius 3 is 2.52 bits per heavy atom. The lowest BCUT2D eigenvalue weighted by Gasteiger charge is -2.21. The summed E-state index contributed by atoms with van der Waals surface area (Å²) >= 11 is 0. The predicted molar refractivity (Wildman–Crippen MR) is 111 cm³/mol. The molecule has 5 nitrogen and oxygen atoms in total. The molecule has 0 aliphatic rings. The molecule has 3 rings (SSSR count). The second kappa shape index (κ2) is 8.90. The smallest absolute Gasteiger partial charge is 0.227 e. The van der Waals surface area contributed by atoms with Crippen molar-refractivity contribution in [3.8, 4) is 11.4 Å². The van der Waals surface area contributed by atoms with Gasteiger partial charge in [-0.15, -0.1) is 0 Å². The van der Waals surface area contributed by atoms with E-state index in [0.29, 0.717) is 13.1 Å². The number of hydrogen-bond acceptors (Lipinski definition) is 3. The number of para-hydroxylation sites is 1. The number of aromatic nitrogens is 2. The van der Waals surface area contributed by atoms with Crippen molar-refractivity contribution in [1.82, 2.24) is 14.7 Å². The molecule has 1 amide bonds. The first-order valence-corrected chi connectivity index (χ1v) is 9.65. The average molecular weight is 395 g/mol. The molecule has 0 saturated heterocycles. The average Bonchev–Trinajstić information content (AvgIpc) is 3.01. The topological polar surface area (TPSA) is 47.4 Å². The van der Waals surface area contributed by atoms with Gasteiger partial charge in [0.2, 0.25) is 5.91 Å². The summed E-state index contributed by atoms with van der Waals surface area (Å²) in [4.78, 5) is 14.7. The molecule has 1 aromatic heterocycles. The molecule has 0 N–H and O–H groups in total. The van der Waals surface area contributed by atoms with Gasteiger partial charge in [0.15, 0.2) is 11.6 Å². The fourth-order valence-corrected chi connectivity index (χ4v) is 3.42. The first-order chi connectivity index (χ1) is 13.9. The summed E-state index contributed by atoms with van der Waals surface area (Å²) in [6.45, 7) is 6.71. The normalized spacial score (nSPS) is 10.8. The number of methoxy groups -OCH3 is 1. The van der Waals surface area contributed by atoms with E-state index in [2.05, 4.69) is 5.10 Å². The molecule has 152 valence electrons. The Hall–Kier alpha value is -3.15. The van der Waals surface area contributed by atoms with Crippen LogP contribution in [-0.2, 0) is 17.8 Å². The van der Waals surface area contributed by atoms with Crippen molar-refractivity contribution in [1.29, 1.82) is 0 Å². The van der Waals surface area contributed by atoms with Crippen LogP contribution in [0.5, 0.6) is 5.75 Å². The molecule has 0 atom stereocenters. The van der Waals surface area contributed by atoms with Crippen molar-refractivity contribution in [3.63, 3.8) is 0 Å². The lowest BCUT2D eigenvalue weighted by Crippen LogP contribution is -2.32. The first kappa shape index (κ1) is 20.6. The highest BCUT2D eigenvalue weighted by atomic mass is 19.1. The minimum atomic E-state index is -0.427. The lowest BCUT2D eigenvalue weighted by molar-refractivity contribution is -0.130. The molecule has 3 aromatic rings. The molecule has 0 fully saturated rings. The number of benzene rings is 2. The van der Waals surface area contributed by atoms with E-state index in [1.165, 1.54) is 13.2 Å². The van der Waals surface area contributed by atoms with Gasteiger partial charge in [0.1, 0.15) is 0 Å². The maximum atomic E-state index is 14.0. The minimum absolute atomic E-state index is 0.0115. The van der Waals surface area contributed by atoms with E-state index in [1.54, 1.807) is 17.0 Å². The molecule has 29 heavy (non-hydrogen) atoms. The molecule has 0 spiro atoms. The highest BCUT2D eigenvalue weighted by molar-refractivity contribution is 5.79. The number of likely N-dealkylation sites (N-methyl/N-ethyl adjacent to an activating group) is 1. The second-order valence-electron chi connectivity index (χ2n) is 6.95. The third-order valence-corrected chi connectivity index (χ3v) is 5.09. The van der Waals surface area contributed by atoms with Crippen molar-refractivity contribution in [2.24, 2.45) is 0 Å². The Balaban J connectivity index is 1.78. The molecular weight excluding hydrogens is 369 g/mol. The summed E-state index contributed by atoms with van der Waals surface area (Å²) in [5.74, 6) is -0.241.